The predicted molar refractivity (Wildman–Crippen MR) is 105 cm³/mol. The van der Waals surface area contributed by atoms with Crippen LogP contribution in [0.1, 0.15) is 33.6 Å². The van der Waals surface area contributed by atoms with Crippen LogP contribution in [-0.2, 0) is 0 Å². The van der Waals surface area contributed by atoms with Crippen LogP contribution in [0.5, 0.6) is 0 Å². The summed E-state index contributed by atoms with van der Waals surface area (Å²) in [4.78, 5) is 9.11. The van der Waals surface area contributed by atoms with Crippen LogP contribution in [0.3, 0.4) is 0 Å². The van der Waals surface area contributed by atoms with Gasteiger partial charge in [0.2, 0.25) is 0 Å². The quantitative estimate of drug-likeness (QED) is 0.617. The van der Waals surface area contributed by atoms with Crippen molar-refractivity contribution in [2.45, 2.75) is 13.8 Å². The van der Waals surface area contributed by atoms with Crippen molar-refractivity contribution in [2.75, 3.05) is 0 Å². The first kappa shape index (κ1) is 15.9. The highest BCUT2D eigenvalue weighted by Gasteiger charge is 2.01. The molecule has 0 atom stereocenters. The molecule has 0 amide bonds. The Morgan fingerprint density at radius 2 is 1.38 bits per heavy atom. The lowest BCUT2D eigenvalue weighted by atomic mass is 9.99. The Hall–Kier alpha value is -3.00. The lowest BCUT2D eigenvalue weighted by Gasteiger charge is -2.06. The molecule has 118 valence electrons. The normalized spacial score (nSPS) is 11.1. The van der Waals surface area contributed by atoms with Crippen molar-refractivity contribution in [2.24, 2.45) is 0 Å². The Morgan fingerprint density at radius 1 is 0.750 bits per heavy atom. The van der Waals surface area contributed by atoms with Gasteiger partial charge in [-0.05, 0) is 72.5 Å². The van der Waals surface area contributed by atoms with Gasteiger partial charge in [-0.15, -0.1) is 0 Å². The highest BCUT2D eigenvalue weighted by atomic mass is 14.9. The number of rotatable bonds is 4. The number of nitrogens with zero attached hydrogens (tertiary/aromatic N) is 2. The van der Waals surface area contributed by atoms with Crippen LogP contribution in [-0.4, -0.2) is 9.97 Å². The van der Waals surface area contributed by atoms with Crippen molar-refractivity contribution in [3.63, 3.8) is 0 Å². The van der Waals surface area contributed by atoms with Crippen molar-refractivity contribution in [3.8, 4) is 0 Å². The number of benzene rings is 1. The molecule has 0 N–H and O–H groups in total. The van der Waals surface area contributed by atoms with Crippen LogP contribution in [0.25, 0.3) is 35.3 Å². The number of fused-ring (bicyclic) bond motifs is 1. The Labute approximate surface area is 142 Å². The van der Waals surface area contributed by atoms with E-state index in [9.17, 15) is 0 Å². The molecule has 2 heterocycles. The first-order valence-electron chi connectivity index (χ1n) is 7.93. The minimum Gasteiger partial charge on any atom is -0.229 e. The Kier molecular flexibility index (Phi) is 4.39. The third-order valence-electron chi connectivity index (χ3n) is 4.11. The van der Waals surface area contributed by atoms with Crippen LogP contribution in [0.2, 0.25) is 0 Å². The molecule has 24 heavy (non-hydrogen) atoms. The molecule has 1 aromatic carbocycles. The topological polar surface area (TPSA) is 25.8 Å². The van der Waals surface area contributed by atoms with Gasteiger partial charge in [-0.25, -0.2) is 9.97 Å². The summed E-state index contributed by atoms with van der Waals surface area (Å²) in [5.74, 6) is 0. The zero-order valence-electron chi connectivity index (χ0n) is 14.1. The van der Waals surface area contributed by atoms with E-state index in [1.165, 1.54) is 22.3 Å². The Balaban J connectivity index is 1.97. The second kappa shape index (κ2) is 6.63. The largest absolute Gasteiger partial charge is 0.229 e. The van der Waals surface area contributed by atoms with Crippen molar-refractivity contribution in [1.82, 2.24) is 9.97 Å². The van der Waals surface area contributed by atoms with Gasteiger partial charge < -0.3 is 0 Å². The summed E-state index contributed by atoms with van der Waals surface area (Å²) in [6.45, 7) is 11.8. The van der Waals surface area contributed by atoms with E-state index in [4.69, 9.17) is 0 Å². The van der Waals surface area contributed by atoms with Gasteiger partial charge in [0.15, 0.2) is 5.65 Å². The zero-order chi connectivity index (χ0) is 17.1. The molecule has 0 aliphatic heterocycles. The number of hydrogen-bond acceptors (Lipinski definition) is 2. The number of aryl methyl sites for hydroxylation is 2. The van der Waals surface area contributed by atoms with Crippen molar-refractivity contribution >= 4 is 35.3 Å². The van der Waals surface area contributed by atoms with Crippen molar-refractivity contribution in [1.29, 1.82) is 0 Å². The van der Waals surface area contributed by atoms with Crippen LogP contribution < -0.4 is 0 Å². The van der Waals surface area contributed by atoms with Crippen LogP contribution >= 0.6 is 0 Å². The van der Waals surface area contributed by atoms with Gasteiger partial charge in [-0.1, -0.05) is 37.4 Å². The van der Waals surface area contributed by atoms with Gasteiger partial charge in [-0.3, -0.25) is 0 Å². The molecule has 0 aliphatic rings. The van der Waals surface area contributed by atoms with Gasteiger partial charge in [-0.2, -0.15) is 0 Å². The molecule has 2 nitrogen and oxygen atoms in total. The van der Waals surface area contributed by atoms with Crippen molar-refractivity contribution < 1.29 is 0 Å². The SMILES string of the molecule is C=Cc1ccc2ccc(/C=C/c3cc(C)c(C=C)cc3C)nc2n1. The third kappa shape index (κ3) is 3.18. The van der Waals surface area contributed by atoms with E-state index in [2.05, 4.69) is 55.2 Å². The molecule has 2 aromatic heterocycles. The highest BCUT2D eigenvalue weighted by molar-refractivity contribution is 5.79. The standard InChI is InChI=1S/C22H20N2/c1-5-17-13-16(4)19(14-15(17)3)9-12-21-11-8-18-7-10-20(6-2)23-22(18)24-21/h5-14H,1-2H2,3-4H3/b12-9+. The summed E-state index contributed by atoms with van der Waals surface area (Å²) in [5.41, 5.74) is 7.27. The average molecular weight is 312 g/mol. The molecule has 0 fully saturated rings. The Bertz CT molecular complexity index is 965. The minimum atomic E-state index is 0.740. The maximum Gasteiger partial charge on any atom is 0.160 e. The van der Waals surface area contributed by atoms with Crippen molar-refractivity contribution in [3.05, 3.63) is 83.2 Å². The molecule has 0 aliphatic carbocycles. The maximum atomic E-state index is 4.62. The second-order valence-electron chi connectivity index (χ2n) is 5.83. The molecule has 0 bridgehead atoms. The van der Waals surface area contributed by atoms with E-state index < -0.39 is 0 Å². The second-order valence-corrected chi connectivity index (χ2v) is 5.83. The molecule has 0 spiro atoms. The molecule has 2 heteroatoms. The van der Waals surface area contributed by atoms with E-state index in [1.54, 1.807) is 6.08 Å². The molecule has 0 radical (unpaired) electrons. The summed E-state index contributed by atoms with van der Waals surface area (Å²) < 4.78 is 0. The summed E-state index contributed by atoms with van der Waals surface area (Å²) in [6.07, 6.45) is 7.75. The lowest BCUT2D eigenvalue weighted by molar-refractivity contribution is 1.25. The summed E-state index contributed by atoms with van der Waals surface area (Å²) in [5, 5.41) is 1.03. The van der Waals surface area contributed by atoms with Crippen LogP contribution in [0.4, 0.5) is 0 Å². The minimum absolute atomic E-state index is 0.740. The molecule has 3 aromatic rings. The predicted octanol–water partition coefficient (Wildman–Crippen LogP) is 5.70. The molecule has 3 rings (SSSR count). The van der Waals surface area contributed by atoms with Gasteiger partial charge in [0, 0.05) is 5.39 Å². The zero-order valence-corrected chi connectivity index (χ0v) is 14.1. The monoisotopic (exact) mass is 312 g/mol. The third-order valence-corrected chi connectivity index (χ3v) is 4.11. The summed E-state index contributed by atoms with van der Waals surface area (Å²) in [7, 11) is 0. The van der Waals surface area contributed by atoms with E-state index in [0.29, 0.717) is 0 Å². The molecule has 0 unspecified atom stereocenters. The first-order valence-corrected chi connectivity index (χ1v) is 7.93. The number of hydrogen-bond donors (Lipinski definition) is 0. The fraction of sp³-hybridized carbons (Fsp3) is 0.0909. The molecule has 0 saturated heterocycles. The molecule has 0 saturated carbocycles. The Morgan fingerprint density at radius 3 is 2.08 bits per heavy atom. The lowest BCUT2D eigenvalue weighted by Crippen LogP contribution is -1.90. The van der Waals surface area contributed by atoms with Crippen LogP contribution in [0.15, 0.2) is 49.6 Å². The van der Waals surface area contributed by atoms with E-state index in [1.807, 2.05) is 36.4 Å². The maximum absolute atomic E-state index is 4.62. The van der Waals surface area contributed by atoms with Crippen LogP contribution in [0, 0.1) is 13.8 Å². The molecular formula is C22H20N2. The van der Waals surface area contributed by atoms with E-state index in [-0.39, 0.29) is 0 Å². The number of pyridine rings is 2. The highest BCUT2D eigenvalue weighted by Crippen LogP contribution is 2.20. The average Bonchev–Trinajstić information content (AvgIpc) is 2.61. The summed E-state index contributed by atoms with van der Waals surface area (Å²) >= 11 is 0. The van der Waals surface area contributed by atoms with E-state index in [0.717, 1.165) is 22.4 Å². The number of aromatic nitrogens is 2. The van der Waals surface area contributed by atoms with Gasteiger partial charge >= 0.3 is 0 Å². The summed E-state index contributed by atoms with van der Waals surface area (Å²) in [6, 6.07) is 12.3. The van der Waals surface area contributed by atoms with Gasteiger partial charge in [0.25, 0.3) is 0 Å². The fourth-order valence-electron chi connectivity index (χ4n) is 2.67. The van der Waals surface area contributed by atoms with Gasteiger partial charge in [0.1, 0.15) is 0 Å². The smallest absolute Gasteiger partial charge is 0.160 e. The van der Waals surface area contributed by atoms with Gasteiger partial charge in [0.05, 0.1) is 11.4 Å². The molecular weight excluding hydrogens is 292 g/mol. The fourth-order valence-corrected chi connectivity index (χ4v) is 2.67. The van der Waals surface area contributed by atoms with E-state index >= 15 is 0 Å². The first-order chi connectivity index (χ1) is 11.6.